The summed E-state index contributed by atoms with van der Waals surface area (Å²) in [6.07, 6.45) is 3.51. The minimum Gasteiger partial charge on any atom is -0.236 e. The second-order valence-electron chi connectivity index (χ2n) is 2.68. The van der Waals surface area contributed by atoms with Crippen molar-refractivity contribution in [2.24, 2.45) is 0 Å². The van der Waals surface area contributed by atoms with Crippen LogP contribution in [-0.2, 0) is 5.88 Å². The Kier molecular flexibility index (Phi) is 3.15. The molecule has 2 aromatic heterocycles. The molecule has 0 amide bonds. The standard InChI is InChI=1S/C9H6BrClN2S/c10-7-1-8(14-5-7)9-12-3-6(2-11)4-13-9/h1,3-5H,2H2. The highest BCUT2D eigenvalue weighted by Crippen LogP contribution is 2.27. The molecule has 5 heteroatoms. The molecule has 2 heterocycles. The third-order valence-corrected chi connectivity index (χ3v) is 3.64. The molecule has 0 radical (unpaired) electrons. The summed E-state index contributed by atoms with van der Waals surface area (Å²) in [6, 6.07) is 2.00. The smallest absolute Gasteiger partial charge is 0.169 e. The van der Waals surface area contributed by atoms with E-state index in [1.165, 1.54) is 0 Å². The lowest BCUT2D eigenvalue weighted by Gasteiger charge is -1.96. The minimum absolute atomic E-state index is 0.453. The molecule has 2 nitrogen and oxygen atoms in total. The van der Waals surface area contributed by atoms with E-state index in [1.807, 2.05) is 11.4 Å². The zero-order valence-electron chi connectivity index (χ0n) is 7.08. The van der Waals surface area contributed by atoms with Crippen molar-refractivity contribution in [2.75, 3.05) is 0 Å². The number of halogens is 2. The predicted octanol–water partition coefficient (Wildman–Crippen LogP) is 3.71. The summed E-state index contributed by atoms with van der Waals surface area (Å²) in [5.41, 5.74) is 0.936. The molecule has 0 spiro atoms. The first-order chi connectivity index (χ1) is 6.79. The summed E-state index contributed by atoms with van der Waals surface area (Å²) in [6.45, 7) is 0. The average Bonchev–Trinajstić information content (AvgIpc) is 2.65. The van der Waals surface area contributed by atoms with Crippen molar-refractivity contribution in [3.05, 3.63) is 33.9 Å². The number of alkyl halides is 1. The monoisotopic (exact) mass is 288 g/mol. The topological polar surface area (TPSA) is 25.8 Å². The number of thiophene rings is 1. The SMILES string of the molecule is ClCc1cnc(-c2cc(Br)cs2)nc1. The number of rotatable bonds is 2. The van der Waals surface area contributed by atoms with E-state index in [0.29, 0.717) is 5.88 Å². The zero-order chi connectivity index (χ0) is 9.97. The molecule has 0 bridgehead atoms. The van der Waals surface area contributed by atoms with Gasteiger partial charge in [0.15, 0.2) is 5.82 Å². The van der Waals surface area contributed by atoms with Crippen LogP contribution in [0.3, 0.4) is 0 Å². The molecule has 14 heavy (non-hydrogen) atoms. The maximum absolute atomic E-state index is 5.64. The van der Waals surface area contributed by atoms with E-state index >= 15 is 0 Å². The molecule has 0 fully saturated rings. The Morgan fingerprint density at radius 3 is 2.57 bits per heavy atom. The van der Waals surface area contributed by atoms with Gasteiger partial charge in [-0.2, -0.15) is 0 Å². The Balaban J connectivity index is 2.33. The van der Waals surface area contributed by atoms with Gasteiger partial charge in [0.2, 0.25) is 0 Å². The Morgan fingerprint density at radius 2 is 2.07 bits per heavy atom. The lowest BCUT2D eigenvalue weighted by atomic mass is 10.4. The van der Waals surface area contributed by atoms with Gasteiger partial charge in [0.25, 0.3) is 0 Å². The fraction of sp³-hybridized carbons (Fsp3) is 0.111. The third kappa shape index (κ3) is 2.13. The molecule has 2 aromatic rings. The molecular weight excluding hydrogens is 284 g/mol. The van der Waals surface area contributed by atoms with Crippen molar-refractivity contribution in [1.29, 1.82) is 0 Å². The number of hydrogen-bond donors (Lipinski definition) is 0. The van der Waals surface area contributed by atoms with E-state index in [9.17, 15) is 0 Å². The fourth-order valence-corrected chi connectivity index (χ4v) is 2.49. The number of aromatic nitrogens is 2. The van der Waals surface area contributed by atoms with Crippen molar-refractivity contribution >= 4 is 38.9 Å². The van der Waals surface area contributed by atoms with Crippen LogP contribution in [0.1, 0.15) is 5.56 Å². The first kappa shape index (κ1) is 10.1. The van der Waals surface area contributed by atoms with Crippen molar-refractivity contribution in [1.82, 2.24) is 9.97 Å². The van der Waals surface area contributed by atoms with Crippen LogP contribution in [0.4, 0.5) is 0 Å². The zero-order valence-corrected chi connectivity index (χ0v) is 10.2. The first-order valence-electron chi connectivity index (χ1n) is 3.91. The maximum atomic E-state index is 5.64. The molecule has 0 aliphatic rings. The lowest BCUT2D eigenvalue weighted by molar-refractivity contribution is 1.13. The molecular formula is C9H6BrClN2S. The molecule has 0 unspecified atom stereocenters. The van der Waals surface area contributed by atoms with Crippen LogP contribution in [-0.4, -0.2) is 9.97 Å². The van der Waals surface area contributed by atoms with Gasteiger partial charge in [0, 0.05) is 27.8 Å². The molecule has 0 aliphatic carbocycles. The summed E-state index contributed by atoms with van der Waals surface area (Å²) in [5, 5.41) is 2.01. The first-order valence-corrected chi connectivity index (χ1v) is 6.11. The quantitative estimate of drug-likeness (QED) is 0.788. The van der Waals surface area contributed by atoms with E-state index in [0.717, 1.165) is 20.7 Å². The largest absolute Gasteiger partial charge is 0.236 e. The van der Waals surface area contributed by atoms with Gasteiger partial charge in [-0.15, -0.1) is 22.9 Å². The van der Waals surface area contributed by atoms with Gasteiger partial charge in [-0.05, 0) is 22.0 Å². The molecule has 0 atom stereocenters. The van der Waals surface area contributed by atoms with Gasteiger partial charge >= 0.3 is 0 Å². The van der Waals surface area contributed by atoms with E-state index in [-0.39, 0.29) is 0 Å². The van der Waals surface area contributed by atoms with Gasteiger partial charge < -0.3 is 0 Å². The average molecular weight is 290 g/mol. The van der Waals surface area contributed by atoms with Crippen LogP contribution in [0.2, 0.25) is 0 Å². The minimum atomic E-state index is 0.453. The predicted molar refractivity (Wildman–Crippen MR) is 62.6 cm³/mol. The third-order valence-electron chi connectivity index (χ3n) is 1.65. The van der Waals surface area contributed by atoms with Crippen LogP contribution in [0.15, 0.2) is 28.3 Å². The molecule has 72 valence electrons. The Bertz CT molecular complexity index is 427. The van der Waals surface area contributed by atoms with Crippen LogP contribution < -0.4 is 0 Å². The molecule has 0 saturated heterocycles. The van der Waals surface area contributed by atoms with Gasteiger partial charge in [0.05, 0.1) is 10.8 Å². The van der Waals surface area contributed by atoms with Crippen LogP contribution in [0.25, 0.3) is 10.7 Å². The maximum Gasteiger partial charge on any atom is 0.169 e. The van der Waals surface area contributed by atoms with E-state index in [4.69, 9.17) is 11.6 Å². The van der Waals surface area contributed by atoms with Crippen molar-refractivity contribution in [2.45, 2.75) is 5.88 Å². The highest BCUT2D eigenvalue weighted by molar-refractivity contribution is 9.10. The summed E-state index contributed by atoms with van der Waals surface area (Å²) in [7, 11) is 0. The van der Waals surface area contributed by atoms with Crippen molar-refractivity contribution < 1.29 is 0 Å². The highest BCUT2D eigenvalue weighted by atomic mass is 79.9. The number of hydrogen-bond acceptors (Lipinski definition) is 3. The summed E-state index contributed by atoms with van der Waals surface area (Å²) < 4.78 is 1.06. The van der Waals surface area contributed by atoms with Gasteiger partial charge in [-0.25, -0.2) is 9.97 Å². The normalized spacial score (nSPS) is 10.4. The van der Waals surface area contributed by atoms with Crippen molar-refractivity contribution in [3.63, 3.8) is 0 Å². The van der Waals surface area contributed by atoms with E-state index in [1.54, 1.807) is 23.7 Å². The molecule has 0 aromatic carbocycles. The lowest BCUT2D eigenvalue weighted by Crippen LogP contribution is -1.88. The van der Waals surface area contributed by atoms with E-state index in [2.05, 4.69) is 25.9 Å². The summed E-state index contributed by atoms with van der Waals surface area (Å²) in [4.78, 5) is 9.51. The van der Waals surface area contributed by atoms with Crippen molar-refractivity contribution in [3.8, 4) is 10.7 Å². The summed E-state index contributed by atoms with van der Waals surface area (Å²) in [5.74, 6) is 1.20. The second kappa shape index (κ2) is 4.38. The Labute approximate surface area is 99.1 Å². The van der Waals surface area contributed by atoms with Crippen LogP contribution in [0.5, 0.6) is 0 Å². The van der Waals surface area contributed by atoms with Gasteiger partial charge in [0.1, 0.15) is 0 Å². The van der Waals surface area contributed by atoms with Crippen LogP contribution in [0, 0.1) is 0 Å². The van der Waals surface area contributed by atoms with Gasteiger partial charge in [-0.1, -0.05) is 0 Å². The highest BCUT2D eigenvalue weighted by Gasteiger charge is 2.03. The molecule has 2 rings (SSSR count). The molecule has 0 N–H and O–H groups in total. The Morgan fingerprint density at radius 1 is 1.36 bits per heavy atom. The summed E-state index contributed by atoms with van der Waals surface area (Å²) >= 11 is 10.6. The Hall–Kier alpha value is -0.450. The molecule has 0 aliphatic heterocycles. The van der Waals surface area contributed by atoms with Gasteiger partial charge in [-0.3, -0.25) is 0 Å². The second-order valence-corrected chi connectivity index (χ2v) is 4.77. The number of nitrogens with zero attached hydrogens (tertiary/aromatic N) is 2. The van der Waals surface area contributed by atoms with E-state index < -0.39 is 0 Å². The molecule has 0 saturated carbocycles. The fourth-order valence-electron chi connectivity index (χ4n) is 0.981. The van der Waals surface area contributed by atoms with Crippen LogP contribution >= 0.6 is 38.9 Å².